The quantitative estimate of drug-likeness (QED) is 0.636. The molecule has 1 atom stereocenters. The molecule has 2 aromatic heterocycles. The third-order valence-corrected chi connectivity index (χ3v) is 3.69. The lowest BCUT2D eigenvalue weighted by atomic mass is 10.2. The summed E-state index contributed by atoms with van der Waals surface area (Å²) in [5, 5.41) is 27.4. The van der Waals surface area contributed by atoms with Crippen molar-refractivity contribution in [3.05, 3.63) is 59.2 Å². The summed E-state index contributed by atoms with van der Waals surface area (Å²) < 4.78 is 0. The Kier molecular flexibility index (Phi) is 5.97. The monoisotopic (exact) mass is 359 g/mol. The molecule has 0 fully saturated rings. The van der Waals surface area contributed by atoms with Crippen LogP contribution in [0.2, 0.25) is 0 Å². The van der Waals surface area contributed by atoms with Crippen LogP contribution in [0.1, 0.15) is 39.3 Å². The number of rotatable bonds is 8. The zero-order valence-corrected chi connectivity index (χ0v) is 13.9. The number of carboxylic acids is 3. The minimum absolute atomic E-state index is 0.0631. The highest BCUT2D eigenvalue weighted by Crippen LogP contribution is 2.13. The van der Waals surface area contributed by atoms with Crippen LogP contribution in [0, 0.1) is 0 Å². The molecule has 0 saturated carbocycles. The van der Waals surface area contributed by atoms with Gasteiger partial charge in [0.2, 0.25) is 0 Å². The molecular formula is C17H17N3O6. The molecule has 2 rings (SSSR count). The van der Waals surface area contributed by atoms with Crippen molar-refractivity contribution < 1.29 is 29.7 Å². The molecule has 0 saturated heterocycles. The van der Waals surface area contributed by atoms with Gasteiger partial charge in [-0.25, -0.2) is 19.6 Å². The Balaban J connectivity index is 2.28. The second-order valence-corrected chi connectivity index (χ2v) is 5.56. The van der Waals surface area contributed by atoms with Crippen molar-refractivity contribution >= 4 is 17.9 Å². The maximum Gasteiger partial charge on any atom is 0.354 e. The lowest BCUT2D eigenvalue weighted by Gasteiger charge is -2.25. The highest BCUT2D eigenvalue weighted by molar-refractivity contribution is 5.85. The molecule has 26 heavy (non-hydrogen) atoms. The van der Waals surface area contributed by atoms with Gasteiger partial charge >= 0.3 is 17.9 Å². The Labute approximate surface area is 148 Å². The first-order valence-electron chi connectivity index (χ1n) is 7.63. The van der Waals surface area contributed by atoms with Crippen LogP contribution >= 0.6 is 0 Å². The third kappa shape index (κ3) is 4.84. The fourth-order valence-electron chi connectivity index (χ4n) is 2.28. The van der Waals surface area contributed by atoms with Crippen LogP contribution in [0.3, 0.4) is 0 Å². The van der Waals surface area contributed by atoms with Crippen LogP contribution in [0.5, 0.6) is 0 Å². The van der Waals surface area contributed by atoms with Crippen LogP contribution in [0.25, 0.3) is 0 Å². The van der Waals surface area contributed by atoms with Gasteiger partial charge in [-0.15, -0.1) is 0 Å². The molecule has 0 aliphatic rings. The fourth-order valence-corrected chi connectivity index (χ4v) is 2.28. The molecule has 2 heterocycles. The number of aliphatic carboxylic acids is 1. The molecule has 0 aliphatic heterocycles. The number of pyridine rings is 2. The van der Waals surface area contributed by atoms with Gasteiger partial charge in [-0.3, -0.25) is 9.69 Å². The highest BCUT2D eigenvalue weighted by Gasteiger charge is 2.22. The van der Waals surface area contributed by atoms with Crippen molar-refractivity contribution in [1.29, 1.82) is 0 Å². The average molecular weight is 359 g/mol. The second-order valence-electron chi connectivity index (χ2n) is 5.56. The van der Waals surface area contributed by atoms with Gasteiger partial charge in [0.15, 0.2) is 0 Å². The summed E-state index contributed by atoms with van der Waals surface area (Å²) in [7, 11) is 0. The number of carboxylic acid groups (broad SMARTS) is 3. The van der Waals surface area contributed by atoms with E-state index in [1.54, 1.807) is 12.1 Å². The fraction of sp³-hybridized carbons (Fsp3) is 0.235. The Hall–Kier alpha value is -3.33. The maximum atomic E-state index is 11.4. The van der Waals surface area contributed by atoms with Crippen molar-refractivity contribution in [3.8, 4) is 0 Å². The molecule has 0 bridgehead atoms. The van der Waals surface area contributed by atoms with E-state index in [1.165, 1.54) is 36.1 Å². The molecule has 3 N–H and O–H groups in total. The van der Waals surface area contributed by atoms with E-state index in [4.69, 9.17) is 10.2 Å². The highest BCUT2D eigenvalue weighted by atomic mass is 16.4. The van der Waals surface area contributed by atoms with E-state index in [2.05, 4.69) is 9.97 Å². The summed E-state index contributed by atoms with van der Waals surface area (Å²) >= 11 is 0. The molecule has 0 aromatic carbocycles. The van der Waals surface area contributed by atoms with Crippen LogP contribution in [0.15, 0.2) is 36.4 Å². The molecule has 0 spiro atoms. The maximum absolute atomic E-state index is 11.4. The summed E-state index contributed by atoms with van der Waals surface area (Å²) in [5.41, 5.74) is 0.479. The summed E-state index contributed by atoms with van der Waals surface area (Å²) in [4.78, 5) is 43.0. The number of aromatic nitrogens is 2. The smallest absolute Gasteiger partial charge is 0.354 e. The van der Waals surface area contributed by atoms with Gasteiger partial charge in [0, 0.05) is 13.1 Å². The first-order chi connectivity index (χ1) is 12.3. The van der Waals surface area contributed by atoms with E-state index in [-0.39, 0.29) is 24.5 Å². The van der Waals surface area contributed by atoms with E-state index >= 15 is 0 Å². The van der Waals surface area contributed by atoms with E-state index < -0.39 is 23.9 Å². The molecule has 9 nitrogen and oxygen atoms in total. The standard InChI is InChI=1S/C17H17N3O6/c1-10(15(21)22)20(8-11-4-2-6-13(18-11)16(23)24)9-12-5-3-7-14(19-12)17(25)26/h2-7,10H,8-9H2,1H3,(H,21,22)(H,23,24)(H,25,26)/t10-/m1/s1. The largest absolute Gasteiger partial charge is 0.480 e. The van der Waals surface area contributed by atoms with E-state index in [0.717, 1.165) is 0 Å². The van der Waals surface area contributed by atoms with Crippen LogP contribution in [-0.4, -0.2) is 54.1 Å². The lowest BCUT2D eigenvalue weighted by Crippen LogP contribution is -2.38. The predicted octanol–water partition coefficient (Wildman–Crippen LogP) is 1.35. The topological polar surface area (TPSA) is 141 Å². The number of hydrogen-bond acceptors (Lipinski definition) is 6. The average Bonchev–Trinajstić information content (AvgIpc) is 2.60. The summed E-state index contributed by atoms with van der Waals surface area (Å²) in [5.74, 6) is -3.44. The van der Waals surface area contributed by atoms with Gasteiger partial charge in [0.25, 0.3) is 0 Å². The molecule has 0 aliphatic carbocycles. The zero-order valence-electron chi connectivity index (χ0n) is 13.9. The normalized spacial score (nSPS) is 11.9. The molecule has 9 heteroatoms. The van der Waals surface area contributed by atoms with Crippen LogP contribution in [0.4, 0.5) is 0 Å². The van der Waals surface area contributed by atoms with Gasteiger partial charge in [-0.2, -0.15) is 0 Å². The van der Waals surface area contributed by atoms with E-state index in [0.29, 0.717) is 11.4 Å². The molecule has 136 valence electrons. The van der Waals surface area contributed by atoms with Gasteiger partial charge in [-0.05, 0) is 31.2 Å². The van der Waals surface area contributed by atoms with Crippen molar-refractivity contribution in [3.63, 3.8) is 0 Å². The Morgan fingerprint density at radius 1 is 0.885 bits per heavy atom. The lowest BCUT2D eigenvalue weighted by molar-refractivity contribution is -0.143. The summed E-state index contributed by atoms with van der Waals surface area (Å²) in [6, 6.07) is 8.01. The van der Waals surface area contributed by atoms with Gasteiger partial charge < -0.3 is 15.3 Å². The van der Waals surface area contributed by atoms with Gasteiger partial charge in [-0.1, -0.05) is 12.1 Å². The molecule has 2 aromatic rings. The third-order valence-electron chi connectivity index (χ3n) is 3.69. The Morgan fingerprint density at radius 3 is 1.65 bits per heavy atom. The van der Waals surface area contributed by atoms with Crippen molar-refractivity contribution in [1.82, 2.24) is 14.9 Å². The van der Waals surface area contributed by atoms with Crippen molar-refractivity contribution in [2.45, 2.75) is 26.1 Å². The molecular weight excluding hydrogens is 342 g/mol. The minimum atomic E-state index is -1.18. The van der Waals surface area contributed by atoms with Crippen molar-refractivity contribution in [2.24, 2.45) is 0 Å². The van der Waals surface area contributed by atoms with Crippen molar-refractivity contribution in [2.75, 3.05) is 0 Å². The number of nitrogens with zero attached hydrogens (tertiary/aromatic N) is 3. The number of aromatic carboxylic acids is 2. The Morgan fingerprint density at radius 2 is 1.31 bits per heavy atom. The number of hydrogen-bond donors (Lipinski definition) is 3. The first-order valence-corrected chi connectivity index (χ1v) is 7.63. The van der Waals surface area contributed by atoms with Crippen LogP contribution in [-0.2, 0) is 17.9 Å². The van der Waals surface area contributed by atoms with Gasteiger partial charge in [0.05, 0.1) is 11.4 Å². The Bertz CT molecular complexity index is 779. The minimum Gasteiger partial charge on any atom is -0.480 e. The molecule has 0 radical (unpaired) electrons. The van der Waals surface area contributed by atoms with Crippen LogP contribution < -0.4 is 0 Å². The molecule has 0 amide bonds. The van der Waals surface area contributed by atoms with Gasteiger partial charge in [0.1, 0.15) is 17.4 Å². The molecule has 0 unspecified atom stereocenters. The second kappa shape index (κ2) is 8.17. The predicted molar refractivity (Wildman–Crippen MR) is 88.7 cm³/mol. The van der Waals surface area contributed by atoms with E-state index in [9.17, 15) is 19.5 Å². The zero-order chi connectivity index (χ0) is 19.3. The summed E-state index contributed by atoms with van der Waals surface area (Å²) in [6.45, 7) is 1.60. The SMILES string of the molecule is C[C@H](C(=O)O)N(Cc1cccc(C(=O)O)n1)Cc1cccc(C(=O)O)n1. The summed E-state index contributed by atoms with van der Waals surface area (Å²) in [6.07, 6.45) is 0. The first kappa shape index (κ1) is 19.0. The number of carbonyl (C=O) groups is 3. The van der Waals surface area contributed by atoms with E-state index in [1.807, 2.05) is 0 Å².